The SMILES string of the molecule is C[NH2+]Cc1cccc2ccccc12.Cl. The van der Waals surface area contributed by atoms with E-state index in [-0.39, 0.29) is 12.4 Å². The van der Waals surface area contributed by atoms with Crippen molar-refractivity contribution in [1.82, 2.24) is 0 Å². The van der Waals surface area contributed by atoms with Crippen molar-refractivity contribution in [2.75, 3.05) is 7.05 Å². The zero-order valence-corrected chi connectivity index (χ0v) is 9.05. The van der Waals surface area contributed by atoms with Crippen LogP contribution in [0.25, 0.3) is 10.8 Å². The molecule has 2 N–H and O–H groups in total. The number of quaternary nitrogens is 1. The molecule has 0 atom stereocenters. The van der Waals surface area contributed by atoms with E-state index in [1.807, 2.05) is 0 Å². The van der Waals surface area contributed by atoms with Crippen LogP contribution in [-0.4, -0.2) is 7.05 Å². The summed E-state index contributed by atoms with van der Waals surface area (Å²) in [5.41, 5.74) is 1.42. The van der Waals surface area contributed by atoms with Gasteiger partial charge in [0.15, 0.2) is 0 Å². The van der Waals surface area contributed by atoms with Crippen LogP contribution in [0.15, 0.2) is 42.5 Å². The third-order valence-corrected chi connectivity index (χ3v) is 2.30. The average Bonchev–Trinajstić information content (AvgIpc) is 2.19. The van der Waals surface area contributed by atoms with Crippen LogP contribution in [0.5, 0.6) is 0 Å². The van der Waals surface area contributed by atoms with E-state index in [4.69, 9.17) is 0 Å². The Labute approximate surface area is 90.5 Å². The molecule has 2 rings (SSSR count). The van der Waals surface area contributed by atoms with Gasteiger partial charge in [0.05, 0.1) is 7.05 Å². The Kier molecular flexibility index (Phi) is 3.93. The molecule has 0 aliphatic rings. The predicted octanol–water partition coefficient (Wildman–Crippen LogP) is 1.95. The van der Waals surface area contributed by atoms with E-state index < -0.39 is 0 Å². The van der Waals surface area contributed by atoms with Gasteiger partial charge < -0.3 is 5.32 Å². The number of benzene rings is 2. The maximum Gasteiger partial charge on any atom is 0.102 e. The van der Waals surface area contributed by atoms with Gasteiger partial charge in [-0.1, -0.05) is 42.5 Å². The van der Waals surface area contributed by atoms with Crippen LogP contribution in [0.3, 0.4) is 0 Å². The summed E-state index contributed by atoms with van der Waals surface area (Å²) in [5.74, 6) is 0. The minimum absolute atomic E-state index is 0. The summed E-state index contributed by atoms with van der Waals surface area (Å²) in [6, 6.07) is 15.0. The fourth-order valence-corrected chi connectivity index (χ4v) is 1.69. The number of hydrogen-bond acceptors (Lipinski definition) is 0. The predicted molar refractivity (Wildman–Crippen MR) is 62.7 cm³/mol. The molecule has 0 aliphatic carbocycles. The van der Waals surface area contributed by atoms with Crippen LogP contribution in [0.1, 0.15) is 5.56 Å². The fraction of sp³-hybridized carbons (Fsp3) is 0.167. The summed E-state index contributed by atoms with van der Waals surface area (Å²) >= 11 is 0. The normalized spacial score (nSPS) is 9.79. The van der Waals surface area contributed by atoms with Crippen molar-refractivity contribution in [3.63, 3.8) is 0 Å². The highest BCUT2D eigenvalue weighted by Gasteiger charge is 1.99. The third kappa shape index (κ3) is 2.06. The molecule has 0 amide bonds. The van der Waals surface area contributed by atoms with Crippen molar-refractivity contribution in [2.45, 2.75) is 6.54 Å². The fourth-order valence-electron chi connectivity index (χ4n) is 1.69. The molecular weight excluding hydrogens is 194 g/mol. The molecule has 0 saturated heterocycles. The molecule has 0 saturated carbocycles. The first-order valence-electron chi connectivity index (χ1n) is 4.66. The van der Waals surface area contributed by atoms with Gasteiger partial charge >= 0.3 is 0 Å². The highest BCUT2D eigenvalue weighted by molar-refractivity contribution is 5.85. The summed E-state index contributed by atoms with van der Waals surface area (Å²) in [7, 11) is 2.10. The number of halogens is 1. The Hall–Kier alpha value is -1.05. The van der Waals surface area contributed by atoms with Crippen LogP contribution in [0.4, 0.5) is 0 Å². The molecule has 1 nitrogen and oxygen atoms in total. The van der Waals surface area contributed by atoms with Crippen molar-refractivity contribution in [3.05, 3.63) is 48.0 Å². The van der Waals surface area contributed by atoms with E-state index in [1.54, 1.807) is 0 Å². The molecule has 0 fully saturated rings. The van der Waals surface area contributed by atoms with Crippen molar-refractivity contribution in [3.8, 4) is 0 Å². The Morgan fingerprint density at radius 2 is 1.71 bits per heavy atom. The number of nitrogens with two attached hydrogens (primary N) is 1. The molecule has 0 bridgehead atoms. The first kappa shape index (κ1) is 11.0. The van der Waals surface area contributed by atoms with E-state index in [9.17, 15) is 0 Å². The number of fused-ring (bicyclic) bond motifs is 1. The monoisotopic (exact) mass is 208 g/mol. The van der Waals surface area contributed by atoms with E-state index in [0.717, 1.165) is 6.54 Å². The van der Waals surface area contributed by atoms with E-state index in [2.05, 4.69) is 54.8 Å². The van der Waals surface area contributed by atoms with Crippen molar-refractivity contribution in [1.29, 1.82) is 0 Å². The summed E-state index contributed by atoms with van der Waals surface area (Å²) in [6.07, 6.45) is 0. The molecule has 2 aromatic rings. The molecule has 2 aromatic carbocycles. The maximum atomic E-state index is 2.20. The molecule has 0 aromatic heterocycles. The Bertz CT molecular complexity index is 406. The summed E-state index contributed by atoms with van der Waals surface area (Å²) < 4.78 is 0. The van der Waals surface area contributed by atoms with Gasteiger partial charge in [-0.3, -0.25) is 0 Å². The van der Waals surface area contributed by atoms with Crippen molar-refractivity contribution >= 4 is 23.2 Å². The van der Waals surface area contributed by atoms with Crippen LogP contribution < -0.4 is 5.32 Å². The highest BCUT2D eigenvalue weighted by atomic mass is 35.5. The minimum atomic E-state index is 0. The van der Waals surface area contributed by atoms with E-state index >= 15 is 0 Å². The molecule has 74 valence electrons. The molecule has 0 unspecified atom stereocenters. The molecule has 0 heterocycles. The first-order valence-corrected chi connectivity index (χ1v) is 4.66. The molecule has 0 radical (unpaired) electrons. The quantitative estimate of drug-likeness (QED) is 0.777. The molecular formula is C12H15ClN+. The molecule has 2 heteroatoms. The Morgan fingerprint density at radius 3 is 2.50 bits per heavy atom. The van der Waals surface area contributed by atoms with Gasteiger partial charge in [-0.05, 0) is 10.8 Å². The van der Waals surface area contributed by atoms with Crippen LogP contribution in [0, 0.1) is 0 Å². The van der Waals surface area contributed by atoms with Crippen LogP contribution in [0.2, 0.25) is 0 Å². The van der Waals surface area contributed by atoms with E-state index in [0.29, 0.717) is 0 Å². The second-order valence-corrected chi connectivity index (χ2v) is 3.25. The van der Waals surface area contributed by atoms with Crippen molar-refractivity contribution in [2.24, 2.45) is 0 Å². The summed E-state index contributed by atoms with van der Waals surface area (Å²) in [6.45, 7) is 1.06. The van der Waals surface area contributed by atoms with Gasteiger partial charge in [0.2, 0.25) is 0 Å². The minimum Gasteiger partial charge on any atom is -0.345 e. The third-order valence-electron chi connectivity index (χ3n) is 2.30. The first-order chi connectivity index (χ1) is 6.42. The average molecular weight is 209 g/mol. The second-order valence-electron chi connectivity index (χ2n) is 3.25. The van der Waals surface area contributed by atoms with Gasteiger partial charge in [0.25, 0.3) is 0 Å². The topological polar surface area (TPSA) is 16.6 Å². The van der Waals surface area contributed by atoms with Gasteiger partial charge in [-0.25, -0.2) is 0 Å². The van der Waals surface area contributed by atoms with Crippen molar-refractivity contribution < 1.29 is 5.32 Å². The summed E-state index contributed by atoms with van der Waals surface area (Å²) in [5, 5.41) is 4.91. The Balaban J connectivity index is 0.000000980. The maximum absolute atomic E-state index is 2.20. The lowest BCUT2D eigenvalue weighted by Crippen LogP contribution is -2.77. The molecule has 0 aliphatic heterocycles. The zero-order chi connectivity index (χ0) is 9.10. The Morgan fingerprint density at radius 1 is 1.00 bits per heavy atom. The standard InChI is InChI=1S/C12H13N.ClH/c1-13-9-11-7-4-6-10-5-2-3-8-12(10)11;/h2-8,13H,9H2,1H3;1H/p+1. The second kappa shape index (κ2) is 4.99. The zero-order valence-electron chi connectivity index (χ0n) is 8.23. The molecule has 14 heavy (non-hydrogen) atoms. The smallest absolute Gasteiger partial charge is 0.102 e. The van der Waals surface area contributed by atoms with E-state index in [1.165, 1.54) is 16.3 Å². The van der Waals surface area contributed by atoms with Gasteiger partial charge in [0.1, 0.15) is 6.54 Å². The summed E-state index contributed by atoms with van der Waals surface area (Å²) in [4.78, 5) is 0. The van der Waals surface area contributed by atoms with Gasteiger partial charge in [0, 0.05) is 5.56 Å². The number of rotatable bonds is 2. The lowest BCUT2D eigenvalue weighted by molar-refractivity contribution is -0.643. The van der Waals surface area contributed by atoms with Gasteiger partial charge in [-0.15, -0.1) is 12.4 Å². The highest BCUT2D eigenvalue weighted by Crippen LogP contribution is 2.17. The molecule has 0 spiro atoms. The van der Waals surface area contributed by atoms with Crippen LogP contribution in [-0.2, 0) is 6.54 Å². The lowest BCUT2D eigenvalue weighted by atomic mass is 10.0. The van der Waals surface area contributed by atoms with Gasteiger partial charge in [-0.2, -0.15) is 0 Å². The largest absolute Gasteiger partial charge is 0.345 e. The number of hydrogen-bond donors (Lipinski definition) is 1. The van der Waals surface area contributed by atoms with Crippen LogP contribution >= 0.6 is 12.4 Å². The lowest BCUT2D eigenvalue weighted by Gasteiger charge is -2.02.